The number of aryl methyl sites for hydroxylation is 1. The second-order valence-electron chi connectivity index (χ2n) is 4.07. The molecule has 6 heteroatoms. The van der Waals surface area contributed by atoms with Crippen LogP contribution < -0.4 is 0 Å². The maximum Gasteiger partial charge on any atom is 0.342 e. The Morgan fingerprint density at radius 1 is 1.35 bits per heavy atom. The van der Waals surface area contributed by atoms with Gasteiger partial charge >= 0.3 is 5.97 Å². The summed E-state index contributed by atoms with van der Waals surface area (Å²) in [5.41, 5.74) is -1.92. The first-order valence-electron chi connectivity index (χ1n) is 4.87. The van der Waals surface area contributed by atoms with E-state index < -0.39 is 27.2 Å². The second-order valence-corrected chi connectivity index (χ2v) is 6.06. The van der Waals surface area contributed by atoms with Crippen LogP contribution in [-0.4, -0.2) is 30.9 Å². The number of hydrogen-bond donors (Lipinski definition) is 1. The van der Waals surface area contributed by atoms with Gasteiger partial charge in [-0.05, 0) is 26.0 Å². The predicted molar refractivity (Wildman–Crippen MR) is 60.4 cm³/mol. The van der Waals surface area contributed by atoms with Gasteiger partial charge in [0.2, 0.25) is 5.67 Å². The number of alkyl halides is 1. The summed E-state index contributed by atoms with van der Waals surface area (Å²) in [5, 5.41) is 8.56. The van der Waals surface area contributed by atoms with Crippen LogP contribution in [0.4, 0.5) is 4.39 Å². The summed E-state index contributed by atoms with van der Waals surface area (Å²) in [7, 11) is -3.94. The molecule has 0 aliphatic rings. The van der Waals surface area contributed by atoms with Crippen molar-refractivity contribution in [2.45, 2.75) is 24.4 Å². The summed E-state index contributed by atoms with van der Waals surface area (Å²) >= 11 is 0. The number of carbonyl (C=O) groups is 1. The van der Waals surface area contributed by atoms with Gasteiger partial charge in [0.25, 0.3) is 0 Å². The fourth-order valence-corrected chi connectivity index (χ4v) is 2.80. The van der Waals surface area contributed by atoms with Gasteiger partial charge < -0.3 is 5.11 Å². The minimum absolute atomic E-state index is 0.0757. The van der Waals surface area contributed by atoms with E-state index in [0.29, 0.717) is 0 Å². The van der Waals surface area contributed by atoms with Gasteiger partial charge in [-0.15, -0.1) is 0 Å². The van der Waals surface area contributed by atoms with E-state index in [1.54, 1.807) is 19.1 Å². The maximum absolute atomic E-state index is 13.5. The molecule has 0 spiro atoms. The molecule has 1 rings (SSSR count). The highest BCUT2D eigenvalue weighted by atomic mass is 32.2. The van der Waals surface area contributed by atoms with Crippen LogP contribution in [0.25, 0.3) is 0 Å². The molecule has 1 aromatic carbocycles. The average Bonchev–Trinajstić information content (AvgIpc) is 2.16. The number of benzene rings is 1. The van der Waals surface area contributed by atoms with Gasteiger partial charge in [-0.2, -0.15) is 0 Å². The molecular weight excluding hydrogens is 247 g/mol. The minimum Gasteiger partial charge on any atom is -0.479 e. The lowest BCUT2D eigenvalue weighted by Gasteiger charge is -2.15. The quantitative estimate of drug-likeness (QED) is 0.892. The molecule has 0 fully saturated rings. The monoisotopic (exact) mass is 260 g/mol. The Kier molecular flexibility index (Phi) is 3.56. The topological polar surface area (TPSA) is 71.4 Å². The summed E-state index contributed by atoms with van der Waals surface area (Å²) in [6.07, 6.45) is 0. The molecule has 0 saturated heterocycles. The molecular formula is C11H13FO4S. The maximum atomic E-state index is 13.5. The molecule has 0 aliphatic carbocycles. The summed E-state index contributed by atoms with van der Waals surface area (Å²) in [6, 6.07) is 5.82. The lowest BCUT2D eigenvalue weighted by Crippen LogP contribution is -2.37. The van der Waals surface area contributed by atoms with Crippen molar-refractivity contribution in [2.24, 2.45) is 0 Å². The van der Waals surface area contributed by atoms with Crippen LogP contribution in [0.15, 0.2) is 29.2 Å². The fraction of sp³-hybridized carbons (Fsp3) is 0.364. The Morgan fingerprint density at radius 3 is 2.24 bits per heavy atom. The highest BCUT2D eigenvalue weighted by molar-refractivity contribution is 7.91. The average molecular weight is 260 g/mol. The van der Waals surface area contributed by atoms with E-state index in [4.69, 9.17) is 5.11 Å². The van der Waals surface area contributed by atoms with Crippen LogP contribution in [0, 0.1) is 6.92 Å². The van der Waals surface area contributed by atoms with Gasteiger partial charge in [0.15, 0.2) is 9.84 Å². The molecule has 1 N–H and O–H groups in total. The normalized spacial score (nSPS) is 15.2. The fourth-order valence-electron chi connectivity index (χ4n) is 1.25. The molecule has 0 radical (unpaired) electrons. The van der Waals surface area contributed by atoms with E-state index >= 15 is 0 Å². The number of sulfone groups is 1. The highest BCUT2D eigenvalue weighted by Gasteiger charge is 2.38. The van der Waals surface area contributed by atoms with Crippen molar-refractivity contribution >= 4 is 15.8 Å². The third-order valence-corrected chi connectivity index (χ3v) is 4.20. The number of rotatable bonds is 4. The molecule has 0 amide bonds. The lowest BCUT2D eigenvalue weighted by atomic mass is 10.2. The van der Waals surface area contributed by atoms with Crippen molar-refractivity contribution in [2.75, 3.05) is 5.75 Å². The van der Waals surface area contributed by atoms with E-state index in [2.05, 4.69) is 0 Å². The van der Waals surface area contributed by atoms with E-state index in [-0.39, 0.29) is 4.90 Å². The minimum atomic E-state index is -3.94. The van der Waals surface area contributed by atoms with Crippen molar-refractivity contribution in [3.8, 4) is 0 Å². The third-order valence-electron chi connectivity index (χ3n) is 2.29. The van der Waals surface area contributed by atoms with Gasteiger partial charge in [0, 0.05) is 0 Å². The lowest BCUT2D eigenvalue weighted by molar-refractivity contribution is -0.148. The molecule has 17 heavy (non-hydrogen) atoms. The van der Waals surface area contributed by atoms with Crippen LogP contribution in [0.3, 0.4) is 0 Å². The van der Waals surface area contributed by atoms with E-state index in [1.807, 2.05) is 0 Å². The van der Waals surface area contributed by atoms with Crippen LogP contribution in [-0.2, 0) is 14.6 Å². The first kappa shape index (κ1) is 13.6. The van der Waals surface area contributed by atoms with Crippen LogP contribution in [0.1, 0.15) is 12.5 Å². The van der Waals surface area contributed by atoms with Crippen molar-refractivity contribution in [1.29, 1.82) is 0 Å². The smallest absolute Gasteiger partial charge is 0.342 e. The van der Waals surface area contributed by atoms with Crippen LogP contribution >= 0.6 is 0 Å². The van der Waals surface area contributed by atoms with E-state index in [1.165, 1.54) is 12.1 Å². The predicted octanol–water partition coefficient (Wildman–Crippen LogP) is 1.58. The van der Waals surface area contributed by atoms with Crippen molar-refractivity contribution in [3.63, 3.8) is 0 Å². The van der Waals surface area contributed by atoms with Gasteiger partial charge in [-0.3, -0.25) is 0 Å². The SMILES string of the molecule is Cc1ccc(S(=O)(=O)C[C@@](C)(F)C(=O)O)cc1. The summed E-state index contributed by atoms with van der Waals surface area (Å²) in [6.45, 7) is 2.52. The van der Waals surface area contributed by atoms with Gasteiger partial charge in [0.05, 0.1) is 10.6 Å². The second kappa shape index (κ2) is 4.44. The molecule has 4 nitrogen and oxygen atoms in total. The Hall–Kier alpha value is -1.43. The van der Waals surface area contributed by atoms with Crippen molar-refractivity contribution in [1.82, 2.24) is 0 Å². The molecule has 0 aromatic heterocycles. The molecule has 0 saturated carbocycles. The Labute approximate surface area is 99.0 Å². The molecule has 0 bridgehead atoms. The first-order chi connectivity index (χ1) is 7.65. The third kappa shape index (κ3) is 3.26. The zero-order valence-electron chi connectivity index (χ0n) is 9.47. The van der Waals surface area contributed by atoms with Gasteiger partial charge in [-0.25, -0.2) is 17.6 Å². The number of hydrogen-bond acceptors (Lipinski definition) is 3. The first-order valence-corrected chi connectivity index (χ1v) is 6.52. The zero-order valence-corrected chi connectivity index (χ0v) is 10.3. The number of carboxylic acid groups (broad SMARTS) is 1. The molecule has 94 valence electrons. The Balaban J connectivity index is 3.05. The Morgan fingerprint density at radius 2 is 1.82 bits per heavy atom. The van der Waals surface area contributed by atoms with E-state index in [9.17, 15) is 17.6 Å². The summed E-state index contributed by atoms with van der Waals surface area (Å²) in [5.74, 6) is -2.86. The molecule has 1 atom stereocenters. The van der Waals surface area contributed by atoms with Crippen LogP contribution in [0.2, 0.25) is 0 Å². The van der Waals surface area contributed by atoms with Gasteiger partial charge in [0.1, 0.15) is 0 Å². The van der Waals surface area contributed by atoms with E-state index in [0.717, 1.165) is 12.5 Å². The molecule has 0 aliphatic heterocycles. The zero-order chi connectivity index (χ0) is 13.3. The Bertz CT molecular complexity index is 517. The standard InChI is InChI=1S/C11H13FO4S/c1-8-3-5-9(6-4-8)17(15,16)7-11(2,12)10(13)14/h3-6H,7H2,1-2H3,(H,13,14)/t11-/m1/s1. The largest absolute Gasteiger partial charge is 0.479 e. The highest BCUT2D eigenvalue weighted by Crippen LogP contribution is 2.20. The molecule has 1 aromatic rings. The van der Waals surface area contributed by atoms with Crippen molar-refractivity contribution < 1.29 is 22.7 Å². The number of halogens is 1. The number of aliphatic carboxylic acids is 1. The summed E-state index contributed by atoms with van der Waals surface area (Å²) < 4.78 is 37.0. The van der Waals surface area contributed by atoms with Gasteiger partial charge in [-0.1, -0.05) is 17.7 Å². The number of carboxylic acids is 1. The molecule has 0 unspecified atom stereocenters. The summed E-state index contributed by atoms with van der Waals surface area (Å²) in [4.78, 5) is 10.5. The van der Waals surface area contributed by atoms with Crippen LogP contribution in [0.5, 0.6) is 0 Å². The molecule has 0 heterocycles. The van der Waals surface area contributed by atoms with Crippen molar-refractivity contribution in [3.05, 3.63) is 29.8 Å².